The van der Waals surface area contributed by atoms with Crippen molar-refractivity contribution in [3.8, 4) is 0 Å². The normalized spacial score (nSPS) is 12.9. The molecule has 3 N–H and O–H groups in total. The van der Waals surface area contributed by atoms with Crippen LogP contribution in [0.3, 0.4) is 0 Å². The molecule has 0 aromatic carbocycles. The third-order valence-corrected chi connectivity index (χ3v) is 3.27. The van der Waals surface area contributed by atoms with Gasteiger partial charge in [-0.2, -0.15) is 0 Å². The van der Waals surface area contributed by atoms with E-state index in [1.54, 1.807) is 0 Å². The highest BCUT2D eigenvalue weighted by atomic mass is 32.2. The van der Waals surface area contributed by atoms with Crippen LogP contribution in [0, 0.1) is 6.92 Å². The first-order valence-corrected chi connectivity index (χ1v) is 8.22. The predicted molar refractivity (Wildman–Crippen MR) is 75.9 cm³/mol. The number of nitrogens with one attached hydrogen (secondary N) is 3. The molecule has 1 heterocycles. The monoisotopic (exact) mass is 303 g/mol. The molecule has 114 valence electrons. The fourth-order valence-corrected chi connectivity index (χ4v) is 2.07. The van der Waals surface area contributed by atoms with Gasteiger partial charge in [-0.3, -0.25) is 0 Å². The number of sulfonamides is 1. The number of rotatable bonds is 7. The lowest BCUT2D eigenvalue weighted by atomic mass is 10.2. The van der Waals surface area contributed by atoms with E-state index < -0.39 is 10.0 Å². The number of hydrogen-bond acceptors (Lipinski definition) is 4. The van der Waals surface area contributed by atoms with Crippen molar-refractivity contribution in [3.63, 3.8) is 0 Å². The molecule has 0 bridgehead atoms. The molecule has 7 nitrogen and oxygen atoms in total. The summed E-state index contributed by atoms with van der Waals surface area (Å²) in [7, 11) is -3.17. The predicted octanol–water partition coefficient (Wildman–Crippen LogP) is 0.888. The molecule has 0 saturated carbocycles. The number of hydrogen-bond donors (Lipinski definition) is 3. The molecule has 1 aromatic rings. The van der Waals surface area contributed by atoms with Gasteiger partial charge in [0.1, 0.15) is 11.5 Å². The lowest BCUT2D eigenvalue weighted by molar-refractivity contribution is 0.236. The summed E-state index contributed by atoms with van der Waals surface area (Å²) < 4.78 is 29.4. The summed E-state index contributed by atoms with van der Waals surface area (Å²) in [6.07, 6.45) is 1.62. The van der Waals surface area contributed by atoms with Gasteiger partial charge in [0.05, 0.1) is 12.3 Å². The molecule has 0 spiro atoms. The highest BCUT2D eigenvalue weighted by Gasteiger charge is 2.12. The molecule has 0 aliphatic rings. The zero-order chi connectivity index (χ0) is 15.2. The molecular weight excluding hydrogens is 282 g/mol. The zero-order valence-electron chi connectivity index (χ0n) is 11.9. The zero-order valence-corrected chi connectivity index (χ0v) is 12.7. The van der Waals surface area contributed by atoms with Crippen LogP contribution in [0.5, 0.6) is 0 Å². The molecule has 1 unspecified atom stereocenters. The number of aryl methyl sites for hydroxylation is 1. The van der Waals surface area contributed by atoms with E-state index in [2.05, 4.69) is 15.4 Å². The summed E-state index contributed by atoms with van der Waals surface area (Å²) in [5.74, 6) is 1.48. The quantitative estimate of drug-likeness (QED) is 0.651. The maximum atomic E-state index is 11.6. The minimum atomic E-state index is -3.17. The molecule has 0 aliphatic heterocycles. The SMILES string of the molecule is Cc1ccc(C(C)NC(=O)NCCCNS(C)(=O)=O)o1. The Morgan fingerprint density at radius 3 is 2.60 bits per heavy atom. The molecule has 0 saturated heterocycles. The highest BCUT2D eigenvalue weighted by molar-refractivity contribution is 7.88. The summed E-state index contributed by atoms with van der Waals surface area (Å²) in [4.78, 5) is 11.6. The Morgan fingerprint density at radius 1 is 1.35 bits per heavy atom. The first-order chi connectivity index (χ1) is 9.28. The van der Waals surface area contributed by atoms with E-state index >= 15 is 0 Å². The van der Waals surface area contributed by atoms with Gasteiger partial charge in [0.2, 0.25) is 10.0 Å². The van der Waals surface area contributed by atoms with Crippen molar-refractivity contribution in [1.29, 1.82) is 0 Å². The van der Waals surface area contributed by atoms with Gasteiger partial charge in [0.25, 0.3) is 0 Å². The van der Waals surface area contributed by atoms with E-state index in [4.69, 9.17) is 4.42 Å². The van der Waals surface area contributed by atoms with Crippen molar-refractivity contribution in [2.24, 2.45) is 0 Å². The Kier molecular flexibility index (Phi) is 6.03. The van der Waals surface area contributed by atoms with Crippen LogP contribution < -0.4 is 15.4 Å². The van der Waals surface area contributed by atoms with Crippen molar-refractivity contribution in [2.45, 2.75) is 26.3 Å². The highest BCUT2D eigenvalue weighted by Crippen LogP contribution is 2.14. The summed E-state index contributed by atoms with van der Waals surface area (Å²) in [6.45, 7) is 4.35. The van der Waals surface area contributed by atoms with Gasteiger partial charge in [-0.05, 0) is 32.4 Å². The molecule has 2 amide bonds. The van der Waals surface area contributed by atoms with Gasteiger partial charge >= 0.3 is 6.03 Å². The average molecular weight is 303 g/mol. The minimum Gasteiger partial charge on any atom is -0.464 e. The van der Waals surface area contributed by atoms with E-state index in [-0.39, 0.29) is 12.1 Å². The molecule has 1 rings (SSSR count). The maximum Gasteiger partial charge on any atom is 0.315 e. The van der Waals surface area contributed by atoms with Crippen LogP contribution >= 0.6 is 0 Å². The van der Waals surface area contributed by atoms with Gasteiger partial charge in [0.15, 0.2) is 0 Å². The van der Waals surface area contributed by atoms with Gasteiger partial charge in [-0.15, -0.1) is 0 Å². The first-order valence-electron chi connectivity index (χ1n) is 6.33. The van der Waals surface area contributed by atoms with Crippen molar-refractivity contribution in [2.75, 3.05) is 19.3 Å². The molecule has 1 aromatic heterocycles. The molecule has 0 radical (unpaired) electrons. The standard InChI is InChI=1S/C12H21N3O4S/c1-9-5-6-11(19-9)10(2)15-12(16)13-7-4-8-14-20(3,17)18/h5-6,10,14H,4,7-8H2,1-3H3,(H2,13,15,16). The number of amides is 2. The van der Waals surface area contributed by atoms with Gasteiger partial charge in [-0.1, -0.05) is 0 Å². The summed E-state index contributed by atoms with van der Waals surface area (Å²) >= 11 is 0. The van der Waals surface area contributed by atoms with Crippen LogP contribution in [0.15, 0.2) is 16.5 Å². The molecule has 0 aliphatic carbocycles. The average Bonchev–Trinajstić information content (AvgIpc) is 2.74. The Labute approximate surface area is 119 Å². The largest absolute Gasteiger partial charge is 0.464 e. The van der Waals surface area contributed by atoms with Crippen LogP contribution in [0.1, 0.15) is 30.9 Å². The minimum absolute atomic E-state index is 0.224. The maximum absolute atomic E-state index is 11.6. The van der Waals surface area contributed by atoms with Crippen molar-refractivity contribution >= 4 is 16.1 Å². The van der Waals surface area contributed by atoms with E-state index in [9.17, 15) is 13.2 Å². The van der Waals surface area contributed by atoms with E-state index in [0.29, 0.717) is 25.3 Å². The van der Waals surface area contributed by atoms with E-state index in [1.807, 2.05) is 26.0 Å². The summed E-state index contributed by atoms with van der Waals surface area (Å²) in [5, 5.41) is 5.38. The van der Waals surface area contributed by atoms with Crippen molar-refractivity contribution in [1.82, 2.24) is 15.4 Å². The van der Waals surface area contributed by atoms with Gasteiger partial charge in [-0.25, -0.2) is 17.9 Å². The number of carbonyl (C=O) groups excluding carboxylic acids is 1. The number of furan rings is 1. The van der Waals surface area contributed by atoms with Crippen LogP contribution in [0.4, 0.5) is 4.79 Å². The van der Waals surface area contributed by atoms with Gasteiger partial charge in [0, 0.05) is 13.1 Å². The van der Waals surface area contributed by atoms with Crippen LogP contribution in [-0.4, -0.2) is 33.8 Å². The lowest BCUT2D eigenvalue weighted by Crippen LogP contribution is -2.38. The van der Waals surface area contributed by atoms with Crippen LogP contribution in [0.2, 0.25) is 0 Å². The number of urea groups is 1. The fourth-order valence-electron chi connectivity index (χ4n) is 1.55. The number of carbonyl (C=O) groups is 1. The van der Waals surface area contributed by atoms with E-state index in [0.717, 1.165) is 12.0 Å². The molecule has 1 atom stereocenters. The third-order valence-electron chi connectivity index (χ3n) is 2.54. The second kappa shape index (κ2) is 7.30. The lowest BCUT2D eigenvalue weighted by Gasteiger charge is -2.12. The molecule has 0 fully saturated rings. The van der Waals surface area contributed by atoms with Crippen molar-refractivity contribution < 1.29 is 17.6 Å². The Hall–Kier alpha value is -1.54. The van der Waals surface area contributed by atoms with Crippen LogP contribution in [0.25, 0.3) is 0 Å². The van der Waals surface area contributed by atoms with Crippen molar-refractivity contribution in [3.05, 3.63) is 23.7 Å². The third kappa shape index (κ3) is 6.58. The smallest absolute Gasteiger partial charge is 0.315 e. The first kappa shape index (κ1) is 16.5. The van der Waals surface area contributed by atoms with Crippen LogP contribution in [-0.2, 0) is 10.0 Å². The summed E-state index contributed by atoms with van der Waals surface area (Å²) in [6, 6.07) is 3.11. The summed E-state index contributed by atoms with van der Waals surface area (Å²) in [5.41, 5.74) is 0. The van der Waals surface area contributed by atoms with E-state index in [1.165, 1.54) is 0 Å². The Morgan fingerprint density at radius 2 is 2.05 bits per heavy atom. The topological polar surface area (TPSA) is 100 Å². The molecule has 20 heavy (non-hydrogen) atoms. The Balaban J connectivity index is 2.20. The molecule has 8 heteroatoms. The Bertz CT molecular complexity index is 539. The fraction of sp³-hybridized carbons (Fsp3) is 0.583. The second-order valence-electron chi connectivity index (χ2n) is 4.59. The molecular formula is C12H21N3O4S. The second-order valence-corrected chi connectivity index (χ2v) is 6.42. The van der Waals surface area contributed by atoms with Gasteiger partial charge < -0.3 is 15.1 Å².